The molecule has 0 fully saturated rings. The predicted molar refractivity (Wildman–Crippen MR) is 86.2 cm³/mol. The van der Waals surface area contributed by atoms with Crippen molar-refractivity contribution in [1.82, 2.24) is 0 Å². The average Bonchev–Trinajstić information content (AvgIpc) is 2.46. The zero-order chi connectivity index (χ0) is 15.2. The van der Waals surface area contributed by atoms with Crippen molar-refractivity contribution in [2.24, 2.45) is 0 Å². The number of hydrogen-bond donors (Lipinski definition) is 0. The molecule has 0 radical (unpaired) electrons. The SMILES string of the molecule is CC(C)c1ccc(CC(=O)COc2cccc(Cl)c2)cc1. The monoisotopic (exact) mass is 302 g/mol. The summed E-state index contributed by atoms with van der Waals surface area (Å²) < 4.78 is 5.45. The van der Waals surface area contributed by atoms with Gasteiger partial charge < -0.3 is 4.74 Å². The first-order chi connectivity index (χ1) is 10.0. The van der Waals surface area contributed by atoms with Crippen LogP contribution in [0.3, 0.4) is 0 Å². The Morgan fingerprint density at radius 2 is 1.86 bits per heavy atom. The van der Waals surface area contributed by atoms with Crippen LogP contribution in [0.2, 0.25) is 5.02 Å². The van der Waals surface area contributed by atoms with Crippen molar-refractivity contribution < 1.29 is 9.53 Å². The van der Waals surface area contributed by atoms with Crippen LogP contribution in [-0.2, 0) is 11.2 Å². The summed E-state index contributed by atoms with van der Waals surface area (Å²) in [5, 5.41) is 0.601. The molecule has 0 aromatic heterocycles. The summed E-state index contributed by atoms with van der Waals surface area (Å²) in [5.41, 5.74) is 2.29. The highest BCUT2D eigenvalue weighted by Gasteiger charge is 2.06. The maximum atomic E-state index is 11.9. The fraction of sp³-hybridized carbons (Fsp3) is 0.278. The normalized spacial score (nSPS) is 10.7. The second-order valence-electron chi connectivity index (χ2n) is 5.36. The van der Waals surface area contributed by atoms with Crippen LogP contribution in [0.5, 0.6) is 5.75 Å². The number of ketones is 1. The van der Waals surface area contributed by atoms with Crippen LogP contribution in [0.15, 0.2) is 48.5 Å². The lowest BCUT2D eigenvalue weighted by molar-refractivity contribution is -0.120. The maximum absolute atomic E-state index is 11.9. The van der Waals surface area contributed by atoms with Crippen molar-refractivity contribution in [2.45, 2.75) is 26.2 Å². The molecule has 0 aliphatic carbocycles. The standard InChI is InChI=1S/C18H19ClO2/c1-13(2)15-8-6-14(7-9-15)10-17(20)12-21-18-5-3-4-16(19)11-18/h3-9,11,13H,10,12H2,1-2H3. The topological polar surface area (TPSA) is 26.3 Å². The van der Waals surface area contributed by atoms with Crippen LogP contribution in [0.25, 0.3) is 0 Å². The Morgan fingerprint density at radius 3 is 2.48 bits per heavy atom. The third-order valence-corrected chi connectivity index (χ3v) is 3.48. The molecule has 0 saturated carbocycles. The molecule has 0 heterocycles. The molecule has 0 N–H and O–H groups in total. The molecule has 0 atom stereocenters. The number of hydrogen-bond acceptors (Lipinski definition) is 2. The minimum atomic E-state index is 0.0484. The molecule has 0 saturated heterocycles. The molecule has 0 spiro atoms. The predicted octanol–water partition coefficient (Wildman–Crippen LogP) is 4.65. The second kappa shape index (κ2) is 7.28. The van der Waals surface area contributed by atoms with Crippen LogP contribution in [-0.4, -0.2) is 12.4 Å². The van der Waals surface area contributed by atoms with Gasteiger partial charge in [0.25, 0.3) is 0 Å². The highest BCUT2D eigenvalue weighted by atomic mass is 35.5. The Balaban J connectivity index is 1.87. The summed E-state index contributed by atoms with van der Waals surface area (Å²) in [6.45, 7) is 4.37. The van der Waals surface area contributed by atoms with Gasteiger partial charge in [-0.3, -0.25) is 4.79 Å². The Hall–Kier alpha value is -1.80. The van der Waals surface area contributed by atoms with Gasteiger partial charge in [0.15, 0.2) is 5.78 Å². The van der Waals surface area contributed by atoms with E-state index in [1.807, 2.05) is 12.1 Å². The van der Waals surface area contributed by atoms with Crippen molar-refractivity contribution in [2.75, 3.05) is 6.61 Å². The first-order valence-corrected chi connectivity index (χ1v) is 7.41. The first-order valence-electron chi connectivity index (χ1n) is 7.03. The van der Waals surface area contributed by atoms with Gasteiger partial charge in [0.1, 0.15) is 12.4 Å². The van der Waals surface area contributed by atoms with Crippen LogP contribution in [0, 0.1) is 0 Å². The van der Waals surface area contributed by atoms with Crippen LogP contribution in [0.1, 0.15) is 30.9 Å². The minimum absolute atomic E-state index is 0.0484. The molecule has 0 aliphatic rings. The second-order valence-corrected chi connectivity index (χ2v) is 5.79. The molecule has 21 heavy (non-hydrogen) atoms. The van der Waals surface area contributed by atoms with E-state index in [1.165, 1.54) is 5.56 Å². The van der Waals surface area contributed by atoms with E-state index in [2.05, 4.69) is 26.0 Å². The largest absolute Gasteiger partial charge is 0.486 e. The number of carbonyl (C=O) groups is 1. The van der Waals surface area contributed by atoms with E-state index in [9.17, 15) is 4.79 Å². The third-order valence-electron chi connectivity index (χ3n) is 3.24. The van der Waals surface area contributed by atoms with E-state index in [4.69, 9.17) is 16.3 Å². The fourth-order valence-electron chi connectivity index (χ4n) is 2.02. The molecule has 2 rings (SSSR count). The van der Waals surface area contributed by atoms with Gasteiger partial charge in [0, 0.05) is 11.4 Å². The summed E-state index contributed by atoms with van der Waals surface area (Å²) in [5.74, 6) is 1.17. The highest BCUT2D eigenvalue weighted by Crippen LogP contribution is 2.17. The Bertz CT molecular complexity index is 603. The highest BCUT2D eigenvalue weighted by molar-refractivity contribution is 6.30. The molecular formula is C18H19ClO2. The maximum Gasteiger partial charge on any atom is 0.174 e. The summed E-state index contributed by atoms with van der Waals surface area (Å²) in [6.07, 6.45) is 0.388. The van der Waals surface area contributed by atoms with E-state index in [-0.39, 0.29) is 12.4 Å². The Labute approximate surface area is 130 Å². The Kier molecular flexibility index (Phi) is 5.40. The van der Waals surface area contributed by atoms with Crippen LogP contribution >= 0.6 is 11.6 Å². The summed E-state index contributed by atoms with van der Waals surface area (Å²) in [6, 6.07) is 15.2. The van der Waals surface area contributed by atoms with E-state index in [0.717, 1.165) is 5.56 Å². The lowest BCUT2D eigenvalue weighted by Gasteiger charge is -2.08. The molecule has 2 aromatic carbocycles. The van der Waals surface area contributed by atoms with Crippen LogP contribution < -0.4 is 4.74 Å². The van der Waals surface area contributed by atoms with Crippen molar-refractivity contribution in [3.8, 4) is 5.75 Å². The zero-order valence-electron chi connectivity index (χ0n) is 12.3. The van der Waals surface area contributed by atoms with E-state index >= 15 is 0 Å². The van der Waals surface area contributed by atoms with Crippen LogP contribution in [0.4, 0.5) is 0 Å². The molecule has 0 aliphatic heterocycles. The molecule has 0 bridgehead atoms. The van der Waals surface area contributed by atoms with Gasteiger partial charge in [-0.15, -0.1) is 0 Å². The van der Waals surface area contributed by atoms with E-state index in [0.29, 0.717) is 23.1 Å². The molecule has 0 unspecified atom stereocenters. The van der Waals surface area contributed by atoms with E-state index < -0.39 is 0 Å². The lowest BCUT2D eigenvalue weighted by atomic mass is 10.0. The summed E-state index contributed by atoms with van der Waals surface area (Å²) >= 11 is 5.87. The lowest BCUT2D eigenvalue weighted by Crippen LogP contribution is -2.13. The van der Waals surface area contributed by atoms with Crippen molar-refractivity contribution in [3.63, 3.8) is 0 Å². The molecule has 2 aromatic rings. The number of rotatable bonds is 6. The molecule has 0 amide bonds. The molecular weight excluding hydrogens is 284 g/mol. The number of Topliss-reactive ketones (excluding diaryl/α,β-unsaturated/α-hetero) is 1. The molecule has 2 nitrogen and oxygen atoms in total. The molecule has 3 heteroatoms. The van der Waals surface area contributed by atoms with Gasteiger partial charge in [-0.05, 0) is 35.2 Å². The summed E-state index contributed by atoms with van der Waals surface area (Å²) in [4.78, 5) is 11.9. The van der Waals surface area contributed by atoms with Crippen molar-refractivity contribution in [3.05, 3.63) is 64.7 Å². The van der Waals surface area contributed by atoms with Crippen molar-refractivity contribution in [1.29, 1.82) is 0 Å². The number of benzene rings is 2. The summed E-state index contributed by atoms with van der Waals surface area (Å²) in [7, 11) is 0. The smallest absolute Gasteiger partial charge is 0.174 e. The fourth-order valence-corrected chi connectivity index (χ4v) is 2.20. The van der Waals surface area contributed by atoms with Gasteiger partial charge in [-0.2, -0.15) is 0 Å². The van der Waals surface area contributed by atoms with Gasteiger partial charge in [0.2, 0.25) is 0 Å². The average molecular weight is 303 g/mol. The minimum Gasteiger partial charge on any atom is -0.486 e. The van der Waals surface area contributed by atoms with Gasteiger partial charge >= 0.3 is 0 Å². The number of carbonyl (C=O) groups excluding carboxylic acids is 1. The first kappa shape index (κ1) is 15.6. The zero-order valence-corrected chi connectivity index (χ0v) is 13.1. The van der Waals surface area contributed by atoms with Gasteiger partial charge in [-0.25, -0.2) is 0 Å². The van der Waals surface area contributed by atoms with Gasteiger partial charge in [-0.1, -0.05) is 55.8 Å². The molecule has 110 valence electrons. The van der Waals surface area contributed by atoms with Crippen molar-refractivity contribution >= 4 is 17.4 Å². The number of halogens is 1. The number of ether oxygens (including phenoxy) is 1. The third kappa shape index (κ3) is 4.91. The van der Waals surface area contributed by atoms with E-state index in [1.54, 1.807) is 24.3 Å². The Morgan fingerprint density at radius 1 is 1.14 bits per heavy atom. The quantitative estimate of drug-likeness (QED) is 0.776. The van der Waals surface area contributed by atoms with Gasteiger partial charge in [0.05, 0.1) is 0 Å².